The van der Waals surface area contributed by atoms with E-state index in [0.29, 0.717) is 19.4 Å². The normalized spacial score (nSPS) is 13.4. The molecule has 0 heterocycles. The molecule has 0 fully saturated rings. The second-order valence-corrected chi connectivity index (χ2v) is 19.2. The minimum atomic E-state index is -4.36. The second-order valence-electron chi connectivity index (χ2n) is 17.7. The van der Waals surface area contributed by atoms with Gasteiger partial charge in [-0.05, 0) is 59.0 Å². The van der Waals surface area contributed by atoms with E-state index in [-0.39, 0.29) is 25.6 Å². The molecule has 0 aromatic carbocycles. The maximum Gasteiger partial charge on any atom is 0.472 e. The van der Waals surface area contributed by atoms with E-state index in [1.54, 1.807) is 0 Å². The fourth-order valence-electron chi connectivity index (χ4n) is 7.31. The molecule has 0 saturated carbocycles. The fourth-order valence-corrected chi connectivity index (χ4v) is 8.05. The molecular weight excluding hydrogens is 786 g/mol. The van der Waals surface area contributed by atoms with Gasteiger partial charge in [-0.15, -0.1) is 0 Å². The Balaban J connectivity index is 4.16. The van der Waals surface area contributed by atoms with Gasteiger partial charge in [-0.25, -0.2) is 4.57 Å². The molecule has 0 aliphatic heterocycles. The molecule has 0 spiro atoms. The molecule has 0 bridgehead atoms. The highest BCUT2D eigenvalue weighted by atomic mass is 31.2. The van der Waals surface area contributed by atoms with Gasteiger partial charge in [0, 0.05) is 19.4 Å². The van der Waals surface area contributed by atoms with Crippen molar-refractivity contribution in [2.75, 3.05) is 40.5 Å². The van der Waals surface area contributed by atoms with Crippen LogP contribution in [0.1, 0.15) is 245 Å². The van der Waals surface area contributed by atoms with E-state index in [4.69, 9.17) is 18.5 Å². The van der Waals surface area contributed by atoms with Gasteiger partial charge < -0.3 is 19.3 Å². The highest BCUT2D eigenvalue weighted by molar-refractivity contribution is 7.47. The third kappa shape index (κ3) is 47.8. The summed E-state index contributed by atoms with van der Waals surface area (Å²) in [6.07, 6.45) is 50.8. The van der Waals surface area contributed by atoms with Crippen molar-refractivity contribution in [1.82, 2.24) is 4.90 Å². The first-order valence-electron chi connectivity index (χ1n) is 25.6. The molecule has 61 heavy (non-hydrogen) atoms. The topological polar surface area (TPSA) is 112 Å². The molecule has 10 heteroatoms. The Morgan fingerprint density at radius 2 is 0.885 bits per heavy atom. The van der Waals surface area contributed by atoms with Crippen molar-refractivity contribution in [3.8, 4) is 0 Å². The molecule has 2 unspecified atom stereocenters. The maximum absolute atomic E-state index is 12.7. The number of hydrogen-bond donors (Lipinski definition) is 1. The van der Waals surface area contributed by atoms with Crippen molar-refractivity contribution >= 4 is 19.8 Å². The largest absolute Gasteiger partial charge is 0.472 e. The Kier molecular flexibility index (Phi) is 45.3. The van der Waals surface area contributed by atoms with Gasteiger partial charge in [0.25, 0.3) is 0 Å². The number of nitrogens with zero attached hydrogens (tertiary/aromatic N) is 1. The number of phosphoric acid groups is 1. The van der Waals surface area contributed by atoms with Crippen molar-refractivity contribution in [3.05, 3.63) is 24.3 Å². The zero-order chi connectivity index (χ0) is 44.8. The number of rotatable bonds is 48. The number of ether oxygens (including phenoxy) is 2. The lowest BCUT2D eigenvalue weighted by Gasteiger charge is -2.20. The van der Waals surface area contributed by atoms with Crippen LogP contribution in [-0.4, -0.2) is 68.3 Å². The molecule has 9 nitrogen and oxygen atoms in total. The molecule has 360 valence electrons. The molecule has 2 atom stereocenters. The maximum atomic E-state index is 12.7. The van der Waals surface area contributed by atoms with Crippen LogP contribution in [0.5, 0.6) is 0 Å². The number of phosphoric ester groups is 1. The van der Waals surface area contributed by atoms with Crippen LogP contribution >= 0.6 is 7.82 Å². The number of carbonyl (C=O) groups excluding carboxylic acids is 2. The van der Waals surface area contributed by atoms with Crippen molar-refractivity contribution in [3.63, 3.8) is 0 Å². The lowest BCUT2D eigenvalue weighted by molar-refractivity contribution is -0.161. The molecule has 1 N–H and O–H groups in total. The minimum absolute atomic E-state index is 0.00876. The van der Waals surface area contributed by atoms with Gasteiger partial charge in [0.1, 0.15) is 6.61 Å². The standard InChI is InChI=1S/C51H98NO8P/c1-5-7-9-11-13-15-17-19-21-23-25-27-29-31-33-35-37-39-41-43-50(53)57-47-49(48-59-61(55,56)58-46-45-52(3)4)60-51(54)44-42-40-38-36-34-32-30-28-26-24-22-20-18-16-14-12-10-8-6-2/h14,16,20,22,49H,5-13,15,17-19,21,23-48H2,1-4H3,(H,55,56)/b16-14-,22-20-. The molecule has 0 aliphatic carbocycles. The summed E-state index contributed by atoms with van der Waals surface area (Å²) in [5.74, 6) is -0.794. The molecule has 0 amide bonds. The highest BCUT2D eigenvalue weighted by Gasteiger charge is 2.26. The molecule has 0 rings (SSSR count). The number of allylic oxidation sites excluding steroid dienone is 4. The first-order chi connectivity index (χ1) is 29.7. The lowest BCUT2D eigenvalue weighted by Crippen LogP contribution is -2.29. The predicted octanol–water partition coefficient (Wildman–Crippen LogP) is 15.3. The molecule has 0 radical (unpaired) electrons. The van der Waals surface area contributed by atoms with E-state index in [0.717, 1.165) is 44.9 Å². The SMILES string of the molecule is CCCCC/C=C\C/C=C\CCCCCCCCCCCC(=O)OC(COC(=O)CCCCCCCCCCCCCCCCCCCCC)COP(=O)(O)OCCN(C)C. The van der Waals surface area contributed by atoms with E-state index in [9.17, 15) is 19.0 Å². The molecule has 0 aliphatic rings. The Morgan fingerprint density at radius 1 is 0.508 bits per heavy atom. The second kappa shape index (κ2) is 46.5. The smallest absolute Gasteiger partial charge is 0.462 e. The van der Waals surface area contributed by atoms with Crippen LogP contribution in [0.15, 0.2) is 24.3 Å². The van der Waals surface area contributed by atoms with Gasteiger partial charge in [-0.2, -0.15) is 0 Å². The number of hydrogen-bond acceptors (Lipinski definition) is 8. The summed E-state index contributed by atoms with van der Waals surface area (Å²) >= 11 is 0. The van der Waals surface area contributed by atoms with E-state index in [2.05, 4.69) is 38.2 Å². The van der Waals surface area contributed by atoms with Crippen LogP contribution in [0, 0.1) is 0 Å². The third-order valence-corrected chi connectivity index (χ3v) is 12.2. The summed E-state index contributed by atoms with van der Waals surface area (Å²) in [6, 6.07) is 0. The van der Waals surface area contributed by atoms with Crippen LogP contribution < -0.4 is 0 Å². The van der Waals surface area contributed by atoms with Crippen LogP contribution in [-0.2, 0) is 32.7 Å². The van der Waals surface area contributed by atoms with E-state index in [1.807, 2.05) is 19.0 Å². The van der Waals surface area contributed by atoms with E-state index in [1.165, 1.54) is 167 Å². The van der Waals surface area contributed by atoms with Crippen molar-refractivity contribution in [1.29, 1.82) is 0 Å². The summed E-state index contributed by atoms with van der Waals surface area (Å²) in [6.45, 7) is 4.34. The zero-order valence-electron chi connectivity index (χ0n) is 40.4. The Hall–Kier alpha value is -1.51. The number of carbonyl (C=O) groups is 2. The van der Waals surface area contributed by atoms with E-state index < -0.39 is 26.5 Å². The summed E-state index contributed by atoms with van der Waals surface area (Å²) < 4.78 is 33.6. The molecule has 0 aromatic rings. The Bertz CT molecular complexity index is 1070. The van der Waals surface area contributed by atoms with Crippen molar-refractivity contribution in [2.45, 2.75) is 251 Å². The van der Waals surface area contributed by atoms with Crippen molar-refractivity contribution in [2.24, 2.45) is 0 Å². The first kappa shape index (κ1) is 59.5. The van der Waals surface area contributed by atoms with Crippen LogP contribution in [0.2, 0.25) is 0 Å². The quantitative estimate of drug-likeness (QED) is 0.0276. The summed E-state index contributed by atoms with van der Waals surface area (Å²) in [4.78, 5) is 37.2. The van der Waals surface area contributed by atoms with E-state index >= 15 is 0 Å². The Morgan fingerprint density at radius 3 is 1.33 bits per heavy atom. The van der Waals surface area contributed by atoms with Gasteiger partial charge in [-0.3, -0.25) is 18.6 Å². The monoisotopic (exact) mass is 884 g/mol. The Labute approximate surface area is 376 Å². The number of esters is 2. The predicted molar refractivity (Wildman–Crippen MR) is 257 cm³/mol. The number of likely N-dealkylation sites (N-methyl/N-ethyl adjacent to an activating group) is 1. The minimum Gasteiger partial charge on any atom is -0.462 e. The van der Waals surface area contributed by atoms with Gasteiger partial charge in [0.15, 0.2) is 6.10 Å². The van der Waals surface area contributed by atoms with Gasteiger partial charge in [-0.1, -0.05) is 212 Å². The molecule has 0 aromatic heterocycles. The third-order valence-electron chi connectivity index (χ3n) is 11.3. The summed E-state index contributed by atoms with van der Waals surface area (Å²) in [5.41, 5.74) is 0. The van der Waals surface area contributed by atoms with Crippen molar-refractivity contribution < 1.29 is 37.6 Å². The van der Waals surface area contributed by atoms with Gasteiger partial charge in [0.2, 0.25) is 0 Å². The van der Waals surface area contributed by atoms with Crippen LogP contribution in [0.25, 0.3) is 0 Å². The van der Waals surface area contributed by atoms with Gasteiger partial charge >= 0.3 is 19.8 Å². The average Bonchev–Trinajstić information content (AvgIpc) is 3.23. The first-order valence-corrected chi connectivity index (χ1v) is 27.1. The summed E-state index contributed by atoms with van der Waals surface area (Å²) in [5, 5.41) is 0. The van der Waals surface area contributed by atoms with Crippen LogP contribution in [0.4, 0.5) is 0 Å². The highest BCUT2D eigenvalue weighted by Crippen LogP contribution is 2.43. The fraction of sp³-hybridized carbons (Fsp3) is 0.882. The average molecular weight is 884 g/mol. The lowest BCUT2D eigenvalue weighted by atomic mass is 10.0. The summed E-state index contributed by atoms with van der Waals surface area (Å²) in [7, 11) is -0.707. The van der Waals surface area contributed by atoms with Crippen LogP contribution in [0.3, 0.4) is 0 Å². The molecular formula is C51H98NO8P. The van der Waals surface area contributed by atoms with Gasteiger partial charge in [0.05, 0.1) is 13.2 Å². The number of unbranched alkanes of at least 4 members (excludes halogenated alkanes) is 30. The zero-order valence-corrected chi connectivity index (χ0v) is 41.3. The molecule has 0 saturated heterocycles.